The number of esters is 1. The van der Waals surface area contributed by atoms with Crippen LogP contribution in [0.25, 0.3) is 10.9 Å². The van der Waals surface area contributed by atoms with Crippen molar-refractivity contribution < 1.29 is 38.0 Å². The van der Waals surface area contributed by atoms with Crippen molar-refractivity contribution in [2.45, 2.75) is 20.2 Å². The Hall–Kier alpha value is -5.05. The first kappa shape index (κ1) is 31.4. The van der Waals surface area contributed by atoms with Gasteiger partial charge in [0, 0.05) is 30.6 Å². The van der Waals surface area contributed by atoms with Gasteiger partial charge in [0.25, 0.3) is 0 Å². The van der Waals surface area contributed by atoms with E-state index >= 15 is 0 Å². The maximum Gasteiger partial charge on any atom is 0.339 e. The Kier molecular flexibility index (Phi) is 9.87. The fraction of sp³-hybridized carbons (Fsp3) is 0.324. The van der Waals surface area contributed by atoms with E-state index in [9.17, 15) is 9.59 Å². The van der Waals surface area contributed by atoms with Gasteiger partial charge in [-0.15, -0.1) is 5.92 Å². The number of ketones is 1. The first-order valence-corrected chi connectivity index (χ1v) is 14.3. The maximum absolute atomic E-state index is 14.0. The lowest BCUT2D eigenvalue weighted by Crippen LogP contribution is -2.35. The van der Waals surface area contributed by atoms with Crippen molar-refractivity contribution in [1.29, 1.82) is 0 Å². The second kappa shape index (κ2) is 14.2. The summed E-state index contributed by atoms with van der Waals surface area (Å²) in [5.74, 6) is 6.54. The number of methoxy groups -OCH3 is 4. The van der Waals surface area contributed by atoms with Gasteiger partial charge in [-0.25, -0.2) is 9.48 Å². The summed E-state index contributed by atoms with van der Waals surface area (Å²) in [6.07, 6.45) is 0. The highest BCUT2D eigenvalue weighted by atomic mass is 16.5. The lowest BCUT2D eigenvalue weighted by atomic mass is 10.0. The van der Waals surface area contributed by atoms with Crippen LogP contribution in [0, 0.1) is 11.8 Å². The Morgan fingerprint density at radius 1 is 0.889 bits per heavy atom. The fourth-order valence-electron chi connectivity index (χ4n) is 5.30. The van der Waals surface area contributed by atoms with Crippen molar-refractivity contribution in [1.82, 2.24) is 14.7 Å². The number of hydrogen-bond acceptors (Lipinski definition) is 10. The molecule has 0 radical (unpaired) electrons. The number of carbonyl (C=O) groups excluding carboxylic acids is 2. The van der Waals surface area contributed by atoms with Crippen LogP contribution in [0.1, 0.15) is 44.5 Å². The lowest BCUT2D eigenvalue weighted by molar-refractivity contribution is 0.0335. The van der Waals surface area contributed by atoms with Crippen molar-refractivity contribution in [2.24, 2.45) is 0 Å². The summed E-state index contributed by atoms with van der Waals surface area (Å²) in [6, 6.07) is 14.0. The van der Waals surface area contributed by atoms with E-state index in [0.29, 0.717) is 64.8 Å². The van der Waals surface area contributed by atoms with Crippen molar-refractivity contribution in [3.63, 3.8) is 0 Å². The van der Waals surface area contributed by atoms with Crippen LogP contribution >= 0.6 is 0 Å². The lowest BCUT2D eigenvalue weighted by Gasteiger charge is -2.26. The zero-order chi connectivity index (χ0) is 31.9. The molecule has 1 aliphatic rings. The van der Waals surface area contributed by atoms with Crippen LogP contribution in [0.5, 0.6) is 23.0 Å². The summed E-state index contributed by atoms with van der Waals surface area (Å²) in [4.78, 5) is 29.5. The van der Waals surface area contributed by atoms with Crippen LogP contribution in [0.2, 0.25) is 0 Å². The molecule has 0 aliphatic carbocycles. The third-order valence-corrected chi connectivity index (χ3v) is 7.48. The van der Waals surface area contributed by atoms with E-state index < -0.39 is 11.8 Å². The Balaban J connectivity index is 1.50. The summed E-state index contributed by atoms with van der Waals surface area (Å²) in [7, 11) is 5.98. The monoisotopic (exact) mass is 613 g/mol. The van der Waals surface area contributed by atoms with Gasteiger partial charge >= 0.3 is 5.97 Å². The van der Waals surface area contributed by atoms with Gasteiger partial charge < -0.3 is 28.4 Å². The number of morpholine rings is 1. The minimum absolute atomic E-state index is 0.129. The summed E-state index contributed by atoms with van der Waals surface area (Å²) in [5.41, 5.74) is 2.82. The molecule has 11 heteroatoms. The predicted molar refractivity (Wildman–Crippen MR) is 166 cm³/mol. The van der Waals surface area contributed by atoms with Crippen LogP contribution in [0.4, 0.5) is 0 Å². The quantitative estimate of drug-likeness (QED) is 0.138. The summed E-state index contributed by atoms with van der Waals surface area (Å²) < 4.78 is 34.5. The molecular weight excluding hydrogens is 578 g/mol. The Labute approximate surface area is 261 Å². The van der Waals surface area contributed by atoms with Gasteiger partial charge in [0.15, 0.2) is 18.2 Å². The van der Waals surface area contributed by atoms with Gasteiger partial charge in [0.05, 0.1) is 58.3 Å². The molecule has 1 saturated heterocycles. The SMILES string of the molecule is CC#Cc1c(OC)ccc2c(C(=O)c3cc(OC)c(OC)c(OC)c3)nn(COC(=O)c3cccc(CN4CCOCC4)c3)c12. The number of nitrogens with zero attached hydrogens (tertiary/aromatic N) is 3. The van der Waals surface area contributed by atoms with Crippen LogP contribution in [-0.4, -0.2) is 81.2 Å². The van der Waals surface area contributed by atoms with Crippen molar-refractivity contribution in [3.05, 3.63) is 76.5 Å². The Morgan fingerprint density at radius 2 is 1.60 bits per heavy atom. The normalized spacial score (nSPS) is 13.1. The molecule has 1 aromatic heterocycles. The van der Waals surface area contributed by atoms with E-state index in [1.807, 2.05) is 18.2 Å². The molecule has 234 valence electrons. The van der Waals surface area contributed by atoms with Gasteiger partial charge in [0.2, 0.25) is 11.5 Å². The Bertz CT molecular complexity index is 1750. The minimum atomic E-state index is -0.522. The molecule has 0 saturated carbocycles. The van der Waals surface area contributed by atoms with Gasteiger partial charge in [-0.3, -0.25) is 9.69 Å². The molecule has 0 atom stereocenters. The standard InChI is InChI=1S/C34H35N3O8/c1-6-8-25-27(40-2)12-11-26-30(32(38)24-18-28(41-3)33(43-5)29(19-24)42-4)35-37(31(25)26)21-45-34(39)23-10-7-9-22(17-23)20-36-13-15-44-16-14-36/h7,9-12,17-19H,13-16,20-21H2,1-5H3. The van der Waals surface area contributed by atoms with E-state index in [2.05, 4.69) is 21.8 Å². The zero-order valence-corrected chi connectivity index (χ0v) is 26.0. The molecule has 3 aromatic carbocycles. The first-order valence-electron chi connectivity index (χ1n) is 14.3. The number of benzene rings is 3. The van der Waals surface area contributed by atoms with Crippen LogP contribution in [-0.2, 0) is 22.7 Å². The minimum Gasteiger partial charge on any atom is -0.495 e. The highest BCUT2D eigenvalue weighted by Gasteiger charge is 2.25. The molecule has 5 rings (SSSR count). The zero-order valence-electron chi connectivity index (χ0n) is 26.0. The molecular formula is C34H35N3O8. The van der Waals surface area contributed by atoms with E-state index in [1.54, 1.807) is 37.3 Å². The molecule has 45 heavy (non-hydrogen) atoms. The smallest absolute Gasteiger partial charge is 0.339 e. The van der Waals surface area contributed by atoms with E-state index in [4.69, 9.17) is 28.4 Å². The average molecular weight is 614 g/mol. The molecule has 11 nitrogen and oxygen atoms in total. The average Bonchev–Trinajstić information content (AvgIpc) is 3.45. The summed E-state index contributed by atoms with van der Waals surface area (Å²) in [6.45, 7) is 5.20. The van der Waals surface area contributed by atoms with Crippen molar-refractivity contribution in [2.75, 3.05) is 54.7 Å². The second-order valence-corrected chi connectivity index (χ2v) is 10.2. The molecule has 0 bridgehead atoms. The van der Waals surface area contributed by atoms with Crippen LogP contribution in [0.3, 0.4) is 0 Å². The van der Waals surface area contributed by atoms with Crippen molar-refractivity contribution >= 4 is 22.7 Å². The van der Waals surface area contributed by atoms with Crippen LogP contribution < -0.4 is 18.9 Å². The van der Waals surface area contributed by atoms with Crippen LogP contribution in [0.15, 0.2) is 48.5 Å². The number of fused-ring (bicyclic) bond motifs is 1. The maximum atomic E-state index is 14.0. The van der Waals surface area contributed by atoms with Gasteiger partial charge in [0.1, 0.15) is 11.4 Å². The highest BCUT2D eigenvalue weighted by Crippen LogP contribution is 2.39. The number of aromatic nitrogens is 2. The summed E-state index contributed by atoms with van der Waals surface area (Å²) >= 11 is 0. The van der Waals surface area contributed by atoms with E-state index in [1.165, 1.54) is 33.1 Å². The molecule has 1 aliphatic heterocycles. The largest absolute Gasteiger partial charge is 0.495 e. The topological polar surface area (TPSA) is 111 Å². The molecule has 1 fully saturated rings. The molecule has 0 amide bonds. The molecule has 0 N–H and O–H groups in total. The fourth-order valence-corrected chi connectivity index (χ4v) is 5.30. The van der Waals surface area contributed by atoms with Gasteiger partial charge in [-0.2, -0.15) is 5.10 Å². The molecule has 0 spiro atoms. The van der Waals surface area contributed by atoms with E-state index in [-0.39, 0.29) is 18.0 Å². The second-order valence-electron chi connectivity index (χ2n) is 10.2. The number of hydrogen-bond donors (Lipinski definition) is 0. The summed E-state index contributed by atoms with van der Waals surface area (Å²) in [5, 5.41) is 5.14. The third kappa shape index (κ3) is 6.57. The predicted octanol–water partition coefficient (Wildman–Crippen LogP) is 4.32. The molecule has 0 unspecified atom stereocenters. The van der Waals surface area contributed by atoms with Gasteiger partial charge in [-0.1, -0.05) is 18.1 Å². The third-order valence-electron chi connectivity index (χ3n) is 7.48. The Morgan fingerprint density at radius 3 is 2.24 bits per heavy atom. The number of rotatable bonds is 11. The highest BCUT2D eigenvalue weighted by molar-refractivity contribution is 6.16. The first-order chi connectivity index (χ1) is 21.9. The molecule has 2 heterocycles. The van der Waals surface area contributed by atoms with Gasteiger partial charge in [-0.05, 0) is 48.9 Å². The van der Waals surface area contributed by atoms with E-state index in [0.717, 1.165) is 18.7 Å². The number of carbonyl (C=O) groups is 2. The molecule has 4 aromatic rings. The number of ether oxygens (including phenoxy) is 6. The van der Waals surface area contributed by atoms with Crippen molar-refractivity contribution in [3.8, 4) is 34.8 Å².